The predicted molar refractivity (Wildman–Crippen MR) is 82.3 cm³/mol. The van der Waals surface area contributed by atoms with Gasteiger partial charge in [0.2, 0.25) is 0 Å². The molecular weight excluding hydrogens is 324 g/mol. The highest BCUT2D eigenvalue weighted by atomic mass is 35.5. The fourth-order valence-electron chi connectivity index (χ4n) is 1.75. The summed E-state index contributed by atoms with van der Waals surface area (Å²) in [5.74, 6) is -2.19. The van der Waals surface area contributed by atoms with Gasteiger partial charge >= 0.3 is 5.97 Å². The van der Waals surface area contributed by atoms with Gasteiger partial charge in [-0.15, -0.1) is 0 Å². The zero-order chi connectivity index (χ0) is 17.6. The van der Waals surface area contributed by atoms with Gasteiger partial charge < -0.3 is 19.6 Å². The summed E-state index contributed by atoms with van der Waals surface area (Å²) in [6, 6.07) is 4.37. The highest BCUT2D eigenvalue weighted by molar-refractivity contribution is 6.32. The van der Waals surface area contributed by atoms with E-state index < -0.39 is 24.3 Å². The van der Waals surface area contributed by atoms with Crippen molar-refractivity contribution in [3.05, 3.63) is 22.7 Å². The fraction of sp³-hybridized carbons (Fsp3) is 0.333. The second kappa shape index (κ2) is 8.15. The van der Waals surface area contributed by atoms with Crippen molar-refractivity contribution in [3.8, 4) is 17.6 Å². The summed E-state index contributed by atoms with van der Waals surface area (Å²) in [4.78, 5) is 23.7. The maximum Gasteiger partial charge on any atom is 0.338 e. The van der Waals surface area contributed by atoms with Crippen LogP contribution >= 0.6 is 11.6 Å². The number of nitrogens with zero attached hydrogens (tertiary/aromatic N) is 1. The molecule has 7 nitrogen and oxygen atoms in total. The summed E-state index contributed by atoms with van der Waals surface area (Å²) in [5, 5.41) is 16.3. The molecule has 0 heterocycles. The SMILES string of the molecule is COc1cc(C(=O)OCC(=O)C(C#N)C(C)=N)cc(Cl)c1OC. The van der Waals surface area contributed by atoms with Crippen LogP contribution in [0.25, 0.3) is 0 Å². The number of benzene rings is 1. The molecule has 1 N–H and O–H groups in total. The third-order valence-electron chi connectivity index (χ3n) is 2.90. The van der Waals surface area contributed by atoms with Crippen LogP contribution in [0.15, 0.2) is 12.1 Å². The summed E-state index contributed by atoms with van der Waals surface area (Å²) in [6.45, 7) is 0.723. The van der Waals surface area contributed by atoms with Gasteiger partial charge in [0.25, 0.3) is 0 Å². The molecule has 0 bridgehead atoms. The minimum absolute atomic E-state index is 0.0699. The van der Waals surface area contributed by atoms with Crippen LogP contribution in [0.5, 0.6) is 11.5 Å². The highest BCUT2D eigenvalue weighted by Gasteiger charge is 2.22. The first kappa shape index (κ1) is 18.5. The number of ether oxygens (including phenoxy) is 3. The van der Waals surface area contributed by atoms with Crippen LogP contribution in [0, 0.1) is 22.7 Å². The second-order valence-electron chi connectivity index (χ2n) is 4.48. The highest BCUT2D eigenvalue weighted by Crippen LogP contribution is 2.36. The first-order valence-electron chi connectivity index (χ1n) is 6.41. The smallest absolute Gasteiger partial charge is 0.338 e. The standard InChI is InChI=1S/C15H15ClN2O5/c1-8(18)10(6-17)12(19)7-23-15(20)9-4-11(16)14(22-3)13(5-9)21-2/h4-5,10,18H,7H2,1-3H3. The predicted octanol–water partition coefficient (Wildman–Crippen LogP) is 2.26. The Bertz CT molecular complexity index is 681. The van der Waals surface area contributed by atoms with E-state index in [0.717, 1.165) is 0 Å². The van der Waals surface area contributed by atoms with Gasteiger partial charge in [-0.25, -0.2) is 4.79 Å². The van der Waals surface area contributed by atoms with Crippen LogP contribution < -0.4 is 9.47 Å². The quantitative estimate of drug-likeness (QED) is 0.603. The summed E-state index contributed by atoms with van der Waals surface area (Å²) in [5.41, 5.74) is -0.0387. The van der Waals surface area contributed by atoms with Gasteiger partial charge in [0.1, 0.15) is 5.92 Å². The molecule has 0 saturated carbocycles. The van der Waals surface area contributed by atoms with Crippen LogP contribution in [-0.4, -0.2) is 38.3 Å². The number of nitriles is 1. The molecule has 1 unspecified atom stereocenters. The Morgan fingerprint density at radius 3 is 2.48 bits per heavy atom. The van der Waals surface area contributed by atoms with Crippen molar-refractivity contribution in [1.82, 2.24) is 0 Å². The second-order valence-corrected chi connectivity index (χ2v) is 4.89. The normalized spacial score (nSPS) is 11.1. The Morgan fingerprint density at radius 1 is 1.35 bits per heavy atom. The minimum atomic E-state index is -1.23. The van der Waals surface area contributed by atoms with Crippen molar-refractivity contribution in [3.63, 3.8) is 0 Å². The molecule has 1 aromatic rings. The fourth-order valence-corrected chi connectivity index (χ4v) is 2.04. The van der Waals surface area contributed by atoms with Gasteiger partial charge in [0.05, 0.1) is 30.9 Å². The Morgan fingerprint density at radius 2 is 2.00 bits per heavy atom. The molecule has 0 aromatic heterocycles. The van der Waals surface area contributed by atoms with Crippen molar-refractivity contribution < 1.29 is 23.8 Å². The lowest BCUT2D eigenvalue weighted by atomic mass is 10.0. The van der Waals surface area contributed by atoms with Gasteiger partial charge in [-0.3, -0.25) is 4.79 Å². The minimum Gasteiger partial charge on any atom is -0.493 e. The number of carbonyl (C=O) groups is 2. The molecule has 0 amide bonds. The number of carbonyl (C=O) groups excluding carboxylic acids is 2. The molecule has 0 radical (unpaired) electrons. The zero-order valence-electron chi connectivity index (χ0n) is 12.8. The van der Waals surface area contributed by atoms with Crippen LogP contribution in [0.4, 0.5) is 0 Å². The van der Waals surface area contributed by atoms with Crippen LogP contribution in [0.3, 0.4) is 0 Å². The van der Waals surface area contributed by atoms with Crippen molar-refractivity contribution in [2.24, 2.45) is 5.92 Å². The Balaban J connectivity index is 2.87. The van der Waals surface area contributed by atoms with Gasteiger partial charge in [-0.2, -0.15) is 5.26 Å². The monoisotopic (exact) mass is 338 g/mol. The first-order valence-corrected chi connectivity index (χ1v) is 6.79. The summed E-state index contributed by atoms with van der Waals surface area (Å²) < 4.78 is 15.0. The Labute approximate surface area is 138 Å². The topological polar surface area (TPSA) is 109 Å². The number of hydrogen-bond acceptors (Lipinski definition) is 7. The first-order chi connectivity index (χ1) is 10.8. The number of hydrogen-bond donors (Lipinski definition) is 1. The molecule has 0 aliphatic carbocycles. The van der Waals surface area contributed by atoms with E-state index in [9.17, 15) is 9.59 Å². The van der Waals surface area contributed by atoms with E-state index in [1.807, 2.05) is 0 Å². The summed E-state index contributed by atoms with van der Waals surface area (Å²) in [6.07, 6.45) is 0. The largest absolute Gasteiger partial charge is 0.493 e. The lowest BCUT2D eigenvalue weighted by molar-refractivity contribution is -0.122. The maximum absolute atomic E-state index is 12.0. The van der Waals surface area contributed by atoms with Crippen molar-refractivity contribution >= 4 is 29.1 Å². The molecule has 0 aliphatic rings. The molecule has 1 rings (SSSR count). The van der Waals surface area contributed by atoms with Crippen LogP contribution in [-0.2, 0) is 9.53 Å². The van der Waals surface area contributed by atoms with E-state index in [-0.39, 0.29) is 27.8 Å². The van der Waals surface area contributed by atoms with E-state index in [4.69, 9.17) is 36.5 Å². The molecular formula is C15H15ClN2O5. The number of methoxy groups -OCH3 is 2. The number of rotatable bonds is 7. The van der Waals surface area contributed by atoms with E-state index >= 15 is 0 Å². The average Bonchev–Trinajstić information content (AvgIpc) is 2.51. The number of ketones is 1. The number of Topliss-reactive ketones (excluding diaryl/α,β-unsaturated/α-hetero) is 1. The maximum atomic E-state index is 12.0. The lowest BCUT2D eigenvalue weighted by Gasteiger charge is -2.12. The third-order valence-corrected chi connectivity index (χ3v) is 3.18. The van der Waals surface area contributed by atoms with Crippen molar-refractivity contribution in [2.45, 2.75) is 6.92 Å². The van der Waals surface area contributed by atoms with E-state index in [1.54, 1.807) is 6.07 Å². The molecule has 0 aliphatic heterocycles. The summed E-state index contributed by atoms with van der Waals surface area (Å²) in [7, 11) is 2.79. The number of nitrogens with one attached hydrogen (secondary N) is 1. The van der Waals surface area contributed by atoms with E-state index in [2.05, 4.69) is 0 Å². The molecule has 0 spiro atoms. The lowest BCUT2D eigenvalue weighted by Crippen LogP contribution is -2.25. The van der Waals surface area contributed by atoms with E-state index in [0.29, 0.717) is 0 Å². The number of esters is 1. The van der Waals surface area contributed by atoms with Gasteiger partial charge in [-0.1, -0.05) is 11.6 Å². The molecule has 0 fully saturated rings. The average molecular weight is 339 g/mol. The molecule has 23 heavy (non-hydrogen) atoms. The molecule has 1 atom stereocenters. The van der Waals surface area contributed by atoms with Gasteiger partial charge in [0.15, 0.2) is 23.9 Å². The molecule has 122 valence electrons. The van der Waals surface area contributed by atoms with Crippen LogP contribution in [0.2, 0.25) is 5.02 Å². The van der Waals surface area contributed by atoms with Crippen LogP contribution in [0.1, 0.15) is 17.3 Å². The van der Waals surface area contributed by atoms with Gasteiger partial charge in [0, 0.05) is 5.71 Å². The molecule has 8 heteroatoms. The Kier molecular flexibility index (Phi) is 6.54. The zero-order valence-corrected chi connectivity index (χ0v) is 13.6. The summed E-state index contributed by atoms with van der Waals surface area (Å²) >= 11 is 5.98. The molecule has 1 aromatic carbocycles. The van der Waals surface area contributed by atoms with Crippen molar-refractivity contribution in [2.75, 3.05) is 20.8 Å². The third kappa shape index (κ3) is 4.44. The Hall–Kier alpha value is -2.59. The van der Waals surface area contributed by atoms with E-state index in [1.165, 1.54) is 33.3 Å². The van der Waals surface area contributed by atoms with Crippen molar-refractivity contribution in [1.29, 1.82) is 10.7 Å². The molecule has 0 saturated heterocycles. The number of halogens is 1. The van der Waals surface area contributed by atoms with Gasteiger partial charge in [-0.05, 0) is 19.1 Å².